The van der Waals surface area contributed by atoms with E-state index in [1.54, 1.807) is 0 Å². The molecule has 5 aliphatic rings. The number of fused-ring (bicyclic) bond motifs is 7. The second-order valence-corrected chi connectivity index (χ2v) is 15.5. The first-order chi connectivity index (χ1) is 18.2. The van der Waals surface area contributed by atoms with Gasteiger partial charge in [0.2, 0.25) is 0 Å². The number of hydrogen-bond donors (Lipinski definition) is 4. The zero-order chi connectivity index (χ0) is 28.6. The van der Waals surface area contributed by atoms with Gasteiger partial charge in [0.05, 0.1) is 24.7 Å². The molecule has 0 aromatic carbocycles. The van der Waals surface area contributed by atoms with Crippen molar-refractivity contribution in [1.82, 2.24) is 0 Å². The molecule has 0 heterocycles. The Morgan fingerprint density at radius 1 is 0.923 bits per heavy atom. The van der Waals surface area contributed by atoms with Gasteiger partial charge < -0.3 is 25.2 Å². The van der Waals surface area contributed by atoms with Gasteiger partial charge in [0, 0.05) is 5.41 Å². The fraction of sp³-hybridized carbons (Fsp3) is 0.909. The summed E-state index contributed by atoms with van der Waals surface area (Å²) in [5.41, 5.74) is 0.440. The molecule has 39 heavy (non-hydrogen) atoms. The van der Waals surface area contributed by atoms with E-state index in [-0.39, 0.29) is 41.3 Å². The zero-order valence-electron chi connectivity index (χ0n) is 25.0. The van der Waals surface area contributed by atoms with Crippen LogP contribution in [0.2, 0.25) is 0 Å². The SMILES string of the molecule is C=C(C)[C@@H]1CC[C@]2(C(=O)OCC(O)CO)CC[C@]3(C)C(CC[C@@H]4[C@@]5(C)CCC(O)C(C)(CO)[C@@H]5CC[C@]43C)[C@@H]12. The van der Waals surface area contributed by atoms with Crippen molar-refractivity contribution in [3.8, 4) is 0 Å². The average Bonchev–Trinajstić information content (AvgIpc) is 3.31. The van der Waals surface area contributed by atoms with E-state index in [1.807, 2.05) is 0 Å². The third-order valence-electron chi connectivity index (χ3n) is 14.2. The van der Waals surface area contributed by atoms with Crippen molar-refractivity contribution in [3.63, 3.8) is 0 Å². The molecule has 0 aliphatic heterocycles. The highest BCUT2D eigenvalue weighted by molar-refractivity contribution is 5.78. The van der Waals surface area contributed by atoms with E-state index in [9.17, 15) is 25.2 Å². The lowest BCUT2D eigenvalue weighted by molar-refractivity contribution is -0.254. The molecule has 5 rings (SSSR count). The maximum absolute atomic E-state index is 13.8. The molecule has 0 saturated heterocycles. The Kier molecular flexibility index (Phi) is 7.43. The van der Waals surface area contributed by atoms with Crippen LogP contribution < -0.4 is 0 Å². The van der Waals surface area contributed by atoms with Crippen molar-refractivity contribution in [2.45, 2.75) is 111 Å². The number of ether oxygens (including phenoxy) is 1. The number of hydrogen-bond acceptors (Lipinski definition) is 6. The van der Waals surface area contributed by atoms with Crippen molar-refractivity contribution in [1.29, 1.82) is 0 Å². The molecular formula is C33H54O6. The number of carbonyl (C=O) groups excluding carboxylic acids is 1. The summed E-state index contributed by atoms with van der Waals surface area (Å²) in [5, 5.41) is 40.6. The number of aliphatic hydroxyl groups excluding tert-OH is 4. The lowest BCUT2D eigenvalue weighted by atomic mass is 9.32. The van der Waals surface area contributed by atoms with E-state index in [0.717, 1.165) is 69.8 Å². The van der Waals surface area contributed by atoms with E-state index >= 15 is 0 Å². The molecule has 0 aromatic rings. The molecule has 0 bridgehead atoms. The van der Waals surface area contributed by atoms with Crippen LogP contribution in [0.15, 0.2) is 12.2 Å². The molecule has 0 spiro atoms. The number of carbonyl (C=O) groups is 1. The number of esters is 1. The summed E-state index contributed by atoms with van der Waals surface area (Å²) in [5.74, 6) is 1.51. The quantitative estimate of drug-likeness (QED) is 0.280. The van der Waals surface area contributed by atoms with E-state index in [4.69, 9.17) is 4.74 Å². The Hall–Kier alpha value is -0.950. The molecule has 5 saturated carbocycles. The Morgan fingerprint density at radius 2 is 1.64 bits per heavy atom. The Balaban J connectivity index is 1.51. The lowest BCUT2D eigenvalue weighted by Crippen LogP contribution is -2.67. The molecule has 6 heteroatoms. The fourth-order valence-corrected chi connectivity index (χ4v) is 11.9. The topological polar surface area (TPSA) is 107 Å². The second-order valence-electron chi connectivity index (χ2n) is 15.5. The van der Waals surface area contributed by atoms with Crippen molar-refractivity contribution in [2.24, 2.45) is 56.7 Å². The largest absolute Gasteiger partial charge is 0.462 e. The van der Waals surface area contributed by atoms with Crippen LogP contribution in [0.1, 0.15) is 98.8 Å². The van der Waals surface area contributed by atoms with Gasteiger partial charge in [0.15, 0.2) is 0 Å². The highest BCUT2D eigenvalue weighted by Gasteiger charge is 2.72. The van der Waals surface area contributed by atoms with Crippen LogP contribution in [0.5, 0.6) is 0 Å². The van der Waals surface area contributed by atoms with Crippen molar-refractivity contribution in [2.75, 3.05) is 19.8 Å². The second kappa shape index (κ2) is 9.81. The van der Waals surface area contributed by atoms with Crippen LogP contribution in [0.25, 0.3) is 0 Å². The Morgan fingerprint density at radius 3 is 2.28 bits per heavy atom. The molecule has 4 unspecified atom stereocenters. The molecule has 0 aromatic heterocycles. The van der Waals surface area contributed by atoms with Gasteiger partial charge in [0.1, 0.15) is 12.7 Å². The standard InChI is InChI=1S/C33H54O6/c1-20(2)22-9-14-33(28(38)39-18-21(36)17-34)16-15-31(5)23(27(22)33)7-8-25-29(3)12-11-26(37)30(4,19-35)24(29)10-13-32(25,31)6/h21-27,34-37H,1,7-19H2,2-6H3/t21?,22-,23?,24+,25+,26?,27+,29-,30?,31+,32+,33-/m0/s1. The predicted molar refractivity (Wildman–Crippen MR) is 150 cm³/mol. The van der Waals surface area contributed by atoms with E-state index < -0.39 is 29.6 Å². The van der Waals surface area contributed by atoms with Gasteiger partial charge in [-0.15, -0.1) is 0 Å². The summed E-state index contributed by atoms with van der Waals surface area (Å²) in [4.78, 5) is 13.8. The fourth-order valence-electron chi connectivity index (χ4n) is 11.9. The summed E-state index contributed by atoms with van der Waals surface area (Å²) in [6.45, 7) is 15.6. The molecule has 0 radical (unpaired) electrons. The summed E-state index contributed by atoms with van der Waals surface area (Å²) in [7, 11) is 0. The summed E-state index contributed by atoms with van der Waals surface area (Å²) in [6, 6.07) is 0. The number of rotatable bonds is 6. The van der Waals surface area contributed by atoms with Crippen molar-refractivity contribution in [3.05, 3.63) is 12.2 Å². The summed E-state index contributed by atoms with van der Waals surface area (Å²) in [6.07, 6.45) is 8.16. The predicted octanol–water partition coefficient (Wildman–Crippen LogP) is 4.87. The first kappa shape index (κ1) is 29.5. The highest BCUT2D eigenvalue weighted by Crippen LogP contribution is 2.77. The van der Waals surface area contributed by atoms with Gasteiger partial charge in [-0.25, -0.2) is 0 Å². The Labute approximate surface area is 235 Å². The van der Waals surface area contributed by atoms with Crippen LogP contribution >= 0.6 is 0 Å². The van der Waals surface area contributed by atoms with Crippen LogP contribution in [0.4, 0.5) is 0 Å². The van der Waals surface area contributed by atoms with Crippen molar-refractivity contribution < 1.29 is 30.0 Å². The summed E-state index contributed by atoms with van der Waals surface area (Å²) < 4.78 is 5.72. The third kappa shape index (κ3) is 3.90. The van der Waals surface area contributed by atoms with Crippen LogP contribution in [0, 0.1) is 56.7 Å². The van der Waals surface area contributed by atoms with Crippen LogP contribution in [-0.2, 0) is 9.53 Å². The number of allylic oxidation sites excluding steroid dienone is 1. The first-order valence-corrected chi connectivity index (χ1v) is 15.7. The molecule has 6 nitrogen and oxygen atoms in total. The highest BCUT2D eigenvalue weighted by atomic mass is 16.5. The minimum absolute atomic E-state index is 0.0374. The van der Waals surface area contributed by atoms with E-state index in [2.05, 4.69) is 41.2 Å². The van der Waals surface area contributed by atoms with Crippen molar-refractivity contribution >= 4 is 5.97 Å². The maximum atomic E-state index is 13.8. The maximum Gasteiger partial charge on any atom is 0.312 e. The van der Waals surface area contributed by atoms with E-state index in [1.165, 1.54) is 0 Å². The minimum Gasteiger partial charge on any atom is -0.462 e. The zero-order valence-corrected chi connectivity index (χ0v) is 25.0. The molecule has 5 aliphatic carbocycles. The van der Waals surface area contributed by atoms with Gasteiger partial charge in [0.25, 0.3) is 0 Å². The van der Waals surface area contributed by atoms with Gasteiger partial charge in [-0.3, -0.25) is 4.79 Å². The van der Waals surface area contributed by atoms with Crippen LogP contribution in [-0.4, -0.2) is 58.4 Å². The molecule has 12 atom stereocenters. The monoisotopic (exact) mass is 546 g/mol. The first-order valence-electron chi connectivity index (χ1n) is 15.7. The molecule has 5 fully saturated rings. The molecule has 222 valence electrons. The molecule has 0 amide bonds. The lowest BCUT2D eigenvalue weighted by Gasteiger charge is -2.72. The summed E-state index contributed by atoms with van der Waals surface area (Å²) >= 11 is 0. The molecular weight excluding hydrogens is 492 g/mol. The number of aliphatic hydroxyl groups is 4. The van der Waals surface area contributed by atoms with E-state index in [0.29, 0.717) is 23.7 Å². The van der Waals surface area contributed by atoms with Gasteiger partial charge in [-0.1, -0.05) is 39.8 Å². The molecule has 4 N–H and O–H groups in total. The van der Waals surface area contributed by atoms with Gasteiger partial charge >= 0.3 is 5.97 Å². The third-order valence-corrected chi connectivity index (χ3v) is 14.2. The van der Waals surface area contributed by atoms with Gasteiger partial charge in [-0.05, 0) is 117 Å². The normalized spacial score (nSPS) is 51.6. The van der Waals surface area contributed by atoms with Crippen LogP contribution in [0.3, 0.4) is 0 Å². The minimum atomic E-state index is -1.04. The Bertz CT molecular complexity index is 981. The van der Waals surface area contributed by atoms with Gasteiger partial charge in [-0.2, -0.15) is 0 Å². The average molecular weight is 547 g/mol. The smallest absolute Gasteiger partial charge is 0.312 e.